The van der Waals surface area contributed by atoms with Crippen molar-refractivity contribution in [2.45, 2.75) is 69.8 Å². The minimum atomic E-state index is -2.54. The van der Waals surface area contributed by atoms with Gasteiger partial charge in [0.25, 0.3) is 0 Å². The molecule has 1 atom stereocenters. The molecule has 0 saturated heterocycles. The largest absolute Gasteiger partial charge is 0.328 e. The Morgan fingerprint density at radius 2 is 1.83 bits per heavy atom. The van der Waals surface area contributed by atoms with Crippen LogP contribution in [0.25, 0.3) is 0 Å². The molecular weight excluding hydrogens is 236 g/mol. The van der Waals surface area contributed by atoms with Crippen molar-refractivity contribution in [1.82, 2.24) is 0 Å². The summed E-state index contributed by atoms with van der Waals surface area (Å²) in [5, 5.41) is 0. The van der Waals surface area contributed by atoms with Gasteiger partial charge in [0.05, 0.1) is 0 Å². The van der Waals surface area contributed by atoms with Crippen LogP contribution in [-0.2, 0) is 4.79 Å². The molecule has 0 radical (unpaired) electrons. The monoisotopic (exact) mass is 259 g/mol. The first-order valence-corrected chi connectivity index (χ1v) is 7.12. The first-order valence-electron chi connectivity index (χ1n) is 7.12. The second kappa shape index (κ2) is 5.64. The van der Waals surface area contributed by atoms with E-state index in [1.807, 2.05) is 0 Å². The fourth-order valence-corrected chi connectivity index (χ4v) is 3.34. The van der Waals surface area contributed by atoms with Crippen LogP contribution in [0.5, 0.6) is 0 Å². The van der Waals surface area contributed by atoms with Crippen molar-refractivity contribution in [3.05, 3.63) is 0 Å². The standard InChI is InChI=1S/C14H23F2NO/c15-14(16)7-1-2-10(9-14)8-13(18)11-3-5-12(17)6-4-11/h10-12H,1-9,17H2. The van der Waals surface area contributed by atoms with E-state index in [0.29, 0.717) is 12.8 Å². The van der Waals surface area contributed by atoms with Gasteiger partial charge in [0.15, 0.2) is 0 Å². The van der Waals surface area contributed by atoms with Gasteiger partial charge in [-0.15, -0.1) is 0 Å². The lowest BCUT2D eigenvalue weighted by Crippen LogP contribution is -2.32. The van der Waals surface area contributed by atoms with E-state index in [9.17, 15) is 13.6 Å². The van der Waals surface area contributed by atoms with Crippen molar-refractivity contribution in [2.75, 3.05) is 0 Å². The zero-order valence-electron chi connectivity index (χ0n) is 10.8. The van der Waals surface area contributed by atoms with Crippen LogP contribution in [-0.4, -0.2) is 17.7 Å². The van der Waals surface area contributed by atoms with Crippen molar-refractivity contribution in [3.63, 3.8) is 0 Å². The third kappa shape index (κ3) is 3.74. The highest BCUT2D eigenvalue weighted by Gasteiger charge is 2.37. The van der Waals surface area contributed by atoms with E-state index in [1.165, 1.54) is 0 Å². The van der Waals surface area contributed by atoms with Gasteiger partial charge >= 0.3 is 0 Å². The topological polar surface area (TPSA) is 43.1 Å². The molecule has 0 aromatic heterocycles. The number of carbonyl (C=O) groups excluding carboxylic acids is 1. The molecule has 0 aliphatic heterocycles. The number of nitrogens with two attached hydrogens (primary N) is 1. The summed E-state index contributed by atoms with van der Waals surface area (Å²) in [4.78, 5) is 12.1. The summed E-state index contributed by atoms with van der Waals surface area (Å²) in [5.41, 5.74) is 5.81. The van der Waals surface area contributed by atoms with E-state index < -0.39 is 5.92 Å². The summed E-state index contributed by atoms with van der Waals surface area (Å²) in [6.07, 6.45) is 5.10. The lowest BCUT2D eigenvalue weighted by molar-refractivity contribution is -0.126. The molecule has 18 heavy (non-hydrogen) atoms. The molecule has 104 valence electrons. The van der Waals surface area contributed by atoms with Gasteiger partial charge in [0.2, 0.25) is 5.92 Å². The van der Waals surface area contributed by atoms with Crippen LogP contribution < -0.4 is 5.73 Å². The molecule has 0 amide bonds. The Morgan fingerprint density at radius 1 is 1.17 bits per heavy atom. The Bertz CT molecular complexity index is 298. The second-order valence-electron chi connectivity index (χ2n) is 6.10. The first kappa shape index (κ1) is 13.9. The highest BCUT2D eigenvalue weighted by atomic mass is 19.3. The summed E-state index contributed by atoms with van der Waals surface area (Å²) in [6, 6.07) is 0.230. The van der Waals surface area contributed by atoms with E-state index in [-0.39, 0.29) is 36.5 Å². The number of hydrogen-bond donors (Lipinski definition) is 1. The maximum Gasteiger partial charge on any atom is 0.248 e. The predicted molar refractivity (Wildman–Crippen MR) is 66.5 cm³/mol. The number of hydrogen-bond acceptors (Lipinski definition) is 2. The number of alkyl halides is 2. The number of ketones is 1. The predicted octanol–water partition coefficient (Wildman–Crippen LogP) is 3.29. The van der Waals surface area contributed by atoms with Crippen LogP contribution in [0.4, 0.5) is 8.78 Å². The van der Waals surface area contributed by atoms with Crippen LogP contribution in [0, 0.1) is 11.8 Å². The molecule has 2 aliphatic carbocycles. The second-order valence-corrected chi connectivity index (χ2v) is 6.10. The van der Waals surface area contributed by atoms with Crippen LogP contribution in [0.3, 0.4) is 0 Å². The molecule has 4 heteroatoms. The Balaban J connectivity index is 1.80. The van der Waals surface area contributed by atoms with Crippen molar-refractivity contribution >= 4 is 5.78 Å². The average Bonchev–Trinajstić information content (AvgIpc) is 2.28. The van der Waals surface area contributed by atoms with Gasteiger partial charge in [0.1, 0.15) is 5.78 Å². The number of halogens is 2. The molecule has 0 aromatic rings. The zero-order valence-corrected chi connectivity index (χ0v) is 10.8. The van der Waals surface area contributed by atoms with Crippen LogP contribution in [0.15, 0.2) is 0 Å². The Hall–Kier alpha value is -0.510. The maximum absolute atomic E-state index is 13.3. The molecule has 2 saturated carbocycles. The van der Waals surface area contributed by atoms with E-state index in [0.717, 1.165) is 32.1 Å². The van der Waals surface area contributed by atoms with Gasteiger partial charge in [-0.2, -0.15) is 0 Å². The van der Waals surface area contributed by atoms with E-state index in [2.05, 4.69) is 0 Å². The zero-order chi connectivity index (χ0) is 13.2. The maximum atomic E-state index is 13.3. The van der Waals surface area contributed by atoms with Crippen molar-refractivity contribution in [3.8, 4) is 0 Å². The molecule has 0 bridgehead atoms. The minimum Gasteiger partial charge on any atom is -0.328 e. The molecule has 2 fully saturated rings. The SMILES string of the molecule is NC1CCC(C(=O)CC2CCCC(F)(F)C2)CC1. The molecule has 0 spiro atoms. The van der Waals surface area contributed by atoms with Crippen molar-refractivity contribution in [1.29, 1.82) is 0 Å². The van der Waals surface area contributed by atoms with Crippen molar-refractivity contribution < 1.29 is 13.6 Å². The van der Waals surface area contributed by atoms with Gasteiger partial charge in [0, 0.05) is 31.2 Å². The van der Waals surface area contributed by atoms with E-state index in [1.54, 1.807) is 0 Å². The molecule has 2 aliphatic rings. The van der Waals surface area contributed by atoms with Crippen LogP contribution in [0.1, 0.15) is 57.8 Å². The third-order valence-corrected chi connectivity index (χ3v) is 4.46. The average molecular weight is 259 g/mol. The Labute approximate surface area is 107 Å². The Morgan fingerprint density at radius 3 is 2.44 bits per heavy atom. The van der Waals surface area contributed by atoms with Gasteiger partial charge in [-0.3, -0.25) is 4.79 Å². The highest BCUT2D eigenvalue weighted by molar-refractivity contribution is 5.81. The number of Topliss-reactive ketones (excluding diaryl/α,β-unsaturated/α-hetero) is 1. The summed E-state index contributed by atoms with van der Waals surface area (Å²) >= 11 is 0. The van der Waals surface area contributed by atoms with Crippen molar-refractivity contribution in [2.24, 2.45) is 17.6 Å². The molecule has 2 N–H and O–H groups in total. The van der Waals surface area contributed by atoms with E-state index >= 15 is 0 Å². The smallest absolute Gasteiger partial charge is 0.248 e. The molecular formula is C14H23F2NO. The lowest BCUT2D eigenvalue weighted by atomic mass is 9.77. The van der Waals surface area contributed by atoms with Crippen LogP contribution in [0.2, 0.25) is 0 Å². The van der Waals surface area contributed by atoms with E-state index in [4.69, 9.17) is 5.73 Å². The van der Waals surface area contributed by atoms with Crippen LogP contribution >= 0.6 is 0 Å². The highest BCUT2D eigenvalue weighted by Crippen LogP contribution is 2.39. The molecule has 1 unspecified atom stereocenters. The first-order chi connectivity index (χ1) is 8.46. The summed E-state index contributed by atoms with van der Waals surface area (Å²) in [6.45, 7) is 0. The Kier molecular flexibility index (Phi) is 4.36. The van der Waals surface area contributed by atoms with Gasteiger partial charge in [-0.1, -0.05) is 0 Å². The summed E-state index contributed by atoms with van der Waals surface area (Å²) in [5.74, 6) is -2.36. The molecule has 0 aromatic carbocycles. The van der Waals surface area contributed by atoms with Gasteiger partial charge < -0.3 is 5.73 Å². The fourth-order valence-electron chi connectivity index (χ4n) is 3.34. The van der Waals surface area contributed by atoms with Gasteiger partial charge in [-0.25, -0.2) is 8.78 Å². The molecule has 2 nitrogen and oxygen atoms in total. The minimum absolute atomic E-state index is 0.00400. The summed E-state index contributed by atoms with van der Waals surface area (Å²) < 4.78 is 26.5. The lowest BCUT2D eigenvalue weighted by Gasteiger charge is -2.30. The molecule has 0 heterocycles. The van der Waals surface area contributed by atoms with Gasteiger partial charge in [-0.05, 0) is 44.4 Å². The fraction of sp³-hybridized carbons (Fsp3) is 0.929. The number of carbonyl (C=O) groups is 1. The molecule has 2 rings (SSSR count). The third-order valence-electron chi connectivity index (χ3n) is 4.46. The summed E-state index contributed by atoms with van der Waals surface area (Å²) in [7, 11) is 0. The quantitative estimate of drug-likeness (QED) is 0.845. The normalized spacial score (nSPS) is 36.3. The number of rotatable bonds is 3.